The lowest BCUT2D eigenvalue weighted by molar-refractivity contribution is 0.00578. The maximum absolute atomic E-state index is 13.3. The number of aryl methyl sites for hydroxylation is 4. The van der Waals surface area contributed by atoms with E-state index in [9.17, 15) is 26.4 Å². The third kappa shape index (κ3) is 11.0. The number of sulfonamides is 2. The van der Waals surface area contributed by atoms with Crippen molar-refractivity contribution in [2.75, 3.05) is 7.11 Å². The Morgan fingerprint density at radius 1 is 0.580 bits per heavy atom. The number of amides is 2. The molecule has 0 saturated carbocycles. The first-order valence-electron chi connectivity index (χ1n) is 22.1. The summed E-state index contributed by atoms with van der Waals surface area (Å²) in [6.07, 6.45) is 0. The van der Waals surface area contributed by atoms with Gasteiger partial charge in [-0.25, -0.2) is 26.3 Å². The second-order valence-corrected chi connectivity index (χ2v) is 21.1. The van der Waals surface area contributed by atoms with E-state index in [2.05, 4.69) is 19.6 Å². The van der Waals surface area contributed by atoms with Crippen LogP contribution in [0.15, 0.2) is 143 Å². The smallest absolute Gasteiger partial charge is 0.496 e. The Morgan fingerprint density at radius 3 is 1.43 bits per heavy atom. The van der Waals surface area contributed by atoms with Crippen LogP contribution in [-0.2, 0) is 42.4 Å². The summed E-state index contributed by atoms with van der Waals surface area (Å²) in [6.45, 7) is 16.3. The molecule has 3 heterocycles. The topological polar surface area (TPSA) is 190 Å². The molecule has 69 heavy (non-hydrogen) atoms. The number of carbonyl (C=O) groups is 2. The van der Waals surface area contributed by atoms with Crippen LogP contribution >= 0.6 is 0 Å². The number of carbonyl (C=O) groups excluding carboxylic acids is 2. The lowest BCUT2D eigenvalue weighted by Crippen LogP contribution is -2.41. The minimum atomic E-state index is -4.06. The molecule has 2 amide bonds. The van der Waals surface area contributed by atoms with Crippen LogP contribution in [0.2, 0.25) is 0 Å². The summed E-state index contributed by atoms with van der Waals surface area (Å²) in [5, 5.41) is 9.31. The summed E-state index contributed by atoms with van der Waals surface area (Å²) >= 11 is 0. The number of methoxy groups -OCH3 is 1. The molecule has 2 aromatic heterocycles. The average molecular weight is 971 g/mol. The van der Waals surface area contributed by atoms with E-state index in [-0.39, 0.29) is 27.7 Å². The van der Waals surface area contributed by atoms with Crippen LogP contribution in [0.25, 0.3) is 11.3 Å². The van der Waals surface area contributed by atoms with Gasteiger partial charge in [-0.1, -0.05) is 84.9 Å². The highest BCUT2D eigenvalue weighted by molar-refractivity contribution is 7.90. The van der Waals surface area contributed by atoms with Crippen LogP contribution in [0.5, 0.6) is 5.75 Å². The molecule has 1 saturated heterocycles. The van der Waals surface area contributed by atoms with Gasteiger partial charge in [-0.2, -0.15) is 10.2 Å². The SMILES string of the molecule is COc1ccccc1-c1cc(C(=O)NS(=O)(=O)c2ccccc2)n(Cc2c(C)cccc2C)n1.Cc1cccc(C)c1Cn1nc(B2OC(C)(C)C(C)(C)O2)cc1C(=O)NS(=O)(=O)c1ccccc1. The summed E-state index contributed by atoms with van der Waals surface area (Å²) in [7, 11) is -7.34. The summed E-state index contributed by atoms with van der Waals surface area (Å²) < 4.78 is 76.3. The van der Waals surface area contributed by atoms with Crippen molar-refractivity contribution in [3.05, 3.63) is 178 Å². The van der Waals surface area contributed by atoms with E-state index in [1.807, 2.05) is 110 Å². The first-order valence-corrected chi connectivity index (χ1v) is 25.1. The van der Waals surface area contributed by atoms with Crippen molar-refractivity contribution in [1.29, 1.82) is 0 Å². The zero-order valence-electron chi connectivity index (χ0n) is 40.0. The number of nitrogens with zero attached hydrogens (tertiary/aromatic N) is 4. The van der Waals surface area contributed by atoms with Crippen LogP contribution < -0.4 is 19.8 Å². The fourth-order valence-electron chi connectivity index (χ4n) is 7.69. The molecule has 8 rings (SSSR count). The van der Waals surface area contributed by atoms with Crippen molar-refractivity contribution in [3.63, 3.8) is 0 Å². The van der Waals surface area contributed by atoms with Crippen LogP contribution in [0, 0.1) is 27.7 Å². The Morgan fingerprint density at radius 2 is 0.986 bits per heavy atom. The largest absolute Gasteiger partial charge is 0.516 e. The van der Waals surface area contributed by atoms with E-state index in [0.29, 0.717) is 29.1 Å². The van der Waals surface area contributed by atoms with Gasteiger partial charge in [0.05, 0.1) is 52.5 Å². The summed E-state index contributed by atoms with van der Waals surface area (Å²) in [5.74, 6) is -0.942. The van der Waals surface area contributed by atoms with Gasteiger partial charge in [-0.15, -0.1) is 0 Å². The number of benzene rings is 5. The molecular weight excluding hydrogens is 916 g/mol. The number of para-hydroxylation sites is 1. The van der Waals surface area contributed by atoms with Crippen molar-refractivity contribution in [1.82, 2.24) is 29.0 Å². The quantitative estimate of drug-likeness (QED) is 0.110. The van der Waals surface area contributed by atoms with Gasteiger partial charge in [-0.05, 0) is 137 Å². The molecule has 18 heteroatoms. The van der Waals surface area contributed by atoms with Crippen molar-refractivity contribution in [2.45, 2.75) is 89.5 Å². The molecule has 0 aliphatic carbocycles. The highest BCUT2D eigenvalue weighted by Crippen LogP contribution is 2.36. The highest BCUT2D eigenvalue weighted by Gasteiger charge is 2.53. The Kier molecular flexibility index (Phi) is 14.5. The fourth-order valence-corrected chi connectivity index (χ4v) is 9.65. The molecule has 1 aliphatic heterocycles. The Balaban J connectivity index is 0.000000204. The van der Waals surface area contributed by atoms with E-state index < -0.39 is 50.2 Å². The number of hydrogen-bond acceptors (Lipinski definition) is 11. The molecule has 0 atom stereocenters. The van der Waals surface area contributed by atoms with Gasteiger partial charge < -0.3 is 14.0 Å². The average Bonchev–Trinajstić information content (AvgIpc) is 4.00. The maximum Gasteiger partial charge on any atom is 0.516 e. The normalized spacial score (nSPS) is 14.1. The monoisotopic (exact) mass is 970 g/mol. The second-order valence-electron chi connectivity index (χ2n) is 17.7. The standard InChI is InChI=1S/C26H25N3O4S.C25H30BN3O5S/c1-18-10-9-11-19(2)22(18)17-29-24(16-23(27-29)21-14-7-8-15-25(21)33-3)26(30)28-34(31,32)20-12-5-4-6-13-20;1-17-11-10-12-18(2)20(17)16-29-21(23(30)28-35(31,32)19-13-8-7-9-14-19)15-22(27-29)26-33-24(3,4)25(5,6)34-26/h4-16H,17H2,1-3H3,(H,28,30);7-15H,16H2,1-6H3,(H,28,30). The molecule has 358 valence electrons. The van der Waals surface area contributed by atoms with E-state index in [1.54, 1.807) is 55.6 Å². The number of nitrogens with one attached hydrogen (secondary N) is 2. The summed E-state index contributed by atoms with van der Waals surface area (Å²) in [6, 6.07) is 37.9. The lowest BCUT2D eigenvalue weighted by atomic mass is 9.85. The molecule has 0 bridgehead atoms. The zero-order chi connectivity index (χ0) is 49.9. The third-order valence-electron chi connectivity index (χ3n) is 12.4. The molecule has 0 radical (unpaired) electrons. The van der Waals surface area contributed by atoms with Crippen LogP contribution in [0.4, 0.5) is 0 Å². The Bertz CT molecular complexity index is 3190. The molecule has 7 aromatic rings. The van der Waals surface area contributed by atoms with E-state index >= 15 is 0 Å². The van der Waals surface area contributed by atoms with Crippen molar-refractivity contribution in [2.24, 2.45) is 0 Å². The van der Waals surface area contributed by atoms with Crippen molar-refractivity contribution < 1.29 is 40.5 Å². The molecule has 1 fully saturated rings. The van der Waals surface area contributed by atoms with Crippen LogP contribution in [0.1, 0.15) is 82.1 Å². The molecule has 0 unspecified atom stereocenters. The van der Waals surface area contributed by atoms with Gasteiger partial charge in [0.15, 0.2) is 0 Å². The second kappa shape index (κ2) is 20.0. The summed E-state index contributed by atoms with van der Waals surface area (Å²) in [4.78, 5) is 26.5. The highest BCUT2D eigenvalue weighted by atomic mass is 32.2. The van der Waals surface area contributed by atoms with Gasteiger partial charge in [0.1, 0.15) is 17.1 Å². The van der Waals surface area contributed by atoms with Crippen molar-refractivity contribution >= 4 is 44.6 Å². The van der Waals surface area contributed by atoms with Crippen LogP contribution in [-0.4, -0.2) is 73.6 Å². The van der Waals surface area contributed by atoms with Gasteiger partial charge in [0.25, 0.3) is 31.9 Å². The Labute approximate surface area is 404 Å². The van der Waals surface area contributed by atoms with Gasteiger partial charge in [-0.3, -0.25) is 19.0 Å². The predicted octanol–water partition coefficient (Wildman–Crippen LogP) is 7.31. The Hall–Kier alpha value is -6.86. The van der Waals surface area contributed by atoms with E-state index in [4.69, 9.17) is 14.0 Å². The summed E-state index contributed by atoms with van der Waals surface area (Å²) in [5.41, 5.74) is 6.85. The number of rotatable bonds is 13. The van der Waals surface area contributed by atoms with Gasteiger partial charge in [0.2, 0.25) is 0 Å². The zero-order valence-corrected chi connectivity index (χ0v) is 41.6. The molecular formula is C51H55BN6O9S2. The van der Waals surface area contributed by atoms with Crippen LogP contribution in [0.3, 0.4) is 0 Å². The minimum Gasteiger partial charge on any atom is -0.496 e. The predicted molar refractivity (Wildman–Crippen MR) is 264 cm³/mol. The molecule has 1 aliphatic rings. The van der Waals surface area contributed by atoms with E-state index in [1.165, 1.54) is 39.7 Å². The molecule has 5 aromatic carbocycles. The molecule has 15 nitrogen and oxygen atoms in total. The first-order chi connectivity index (χ1) is 32.6. The van der Waals surface area contributed by atoms with Gasteiger partial charge in [0, 0.05) is 5.56 Å². The number of hydrogen-bond donors (Lipinski definition) is 2. The first kappa shape index (κ1) is 50.0. The fraction of sp³-hybridized carbons (Fsp3) is 0.255. The minimum absolute atomic E-state index is 0.000320. The third-order valence-corrected chi connectivity index (χ3v) is 15.1. The van der Waals surface area contributed by atoms with Crippen molar-refractivity contribution in [3.8, 4) is 17.0 Å². The lowest BCUT2D eigenvalue weighted by Gasteiger charge is -2.32. The van der Waals surface area contributed by atoms with Gasteiger partial charge >= 0.3 is 7.12 Å². The number of ether oxygens (including phenoxy) is 1. The molecule has 0 spiro atoms. The number of aromatic nitrogens is 4. The van der Waals surface area contributed by atoms with E-state index in [0.717, 1.165) is 33.4 Å². The molecule has 2 N–H and O–H groups in total. The maximum atomic E-state index is 13.3.